The van der Waals surface area contributed by atoms with Gasteiger partial charge in [0, 0.05) is 24.4 Å². The molecule has 0 spiro atoms. The Labute approximate surface area is 94.4 Å². The molecule has 1 heterocycles. The number of nitrogens with zero attached hydrogens (tertiary/aromatic N) is 1. The molecule has 0 saturated carbocycles. The minimum Gasteiger partial charge on any atom is -0.371 e. The maximum atomic E-state index is 13.1. The molecule has 1 fully saturated rings. The third-order valence-corrected chi connectivity index (χ3v) is 2.94. The van der Waals surface area contributed by atoms with E-state index in [1.165, 1.54) is 25.0 Å². The van der Waals surface area contributed by atoms with Gasteiger partial charge >= 0.3 is 0 Å². The van der Waals surface area contributed by atoms with Gasteiger partial charge in [0.05, 0.1) is 0 Å². The molecule has 1 saturated heterocycles. The molecule has 0 N–H and O–H groups in total. The Kier molecular flexibility index (Phi) is 3.22. The van der Waals surface area contributed by atoms with Gasteiger partial charge in [0.1, 0.15) is 0 Å². The van der Waals surface area contributed by atoms with Crippen molar-refractivity contribution >= 4 is 5.70 Å². The number of halogens is 2. The second kappa shape index (κ2) is 4.64. The largest absolute Gasteiger partial charge is 0.371 e. The van der Waals surface area contributed by atoms with Crippen LogP contribution in [0.2, 0.25) is 0 Å². The summed E-state index contributed by atoms with van der Waals surface area (Å²) in [4.78, 5) is 2.21. The van der Waals surface area contributed by atoms with Crippen molar-refractivity contribution in [2.75, 3.05) is 13.1 Å². The Morgan fingerprint density at radius 3 is 2.44 bits per heavy atom. The van der Waals surface area contributed by atoms with E-state index in [-0.39, 0.29) is 0 Å². The zero-order valence-electron chi connectivity index (χ0n) is 9.34. The van der Waals surface area contributed by atoms with Crippen molar-refractivity contribution in [2.45, 2.75) is 19.8 Å². The lowest BCUT2D eigenvalue weighted by Gasteiger charge is -2.21. The minimum atomic E-state index is -0.791. The summed E-state index contributed by atoms with van der Waals surface area (Å²) in [5, 5.41) is 0. The van der Waals surface area contributed by atoms with Gasteiger partial charge in [-0.15, -0.1) is 0 Å². The summed E-state index contributed by atoms with van der Waals surface area (Å²) in [5.41, 5.74) is 1.75. The van der Waals surface area contributed by atoms with Crippen molar-refractivity contribution in [3.63, 3.8) is 0 Å². The number of hydrogen-bond donors (Lipinski definition) is 0. The molecule has 86 valence electrons. The molecule has 1 nitrogen and oxygen atoms in total. The molecule has 0 aliphatic carbocycles. The molecule has 1 aromatic rings. The highest BCUT2D eigenvalue weighted by Gasteiger charge is 2.16. The fourth-order valence-corrected chi connectivity index (χ4v) is 2.15. The highest BCUT2D eigenvalue weighted by atomic mass is 19.2. The van der Waals surface area contributed by atoms with Crippen LogP contribution in [0.1, 0.15) is 25.3 Å². The number of benzene rings is 1. The predicted molar refractivity (Wildman–Crippen MR) is 60.8 cm³/mol. The van der Waals surface area contributed by atoms with Crippen LogP contribution in [0.3, 0.4) is 0 Å². The van der Waals surface area contributed by atoms with E-state index in [4.69, 9.17) is 0 Å². The Morgan fingerprint density at radius 1 is 1.19 bits per heavy atom. The van der Waals surface area contributed by atoms with Gasteiger partial charge in [0.25, 0.3) is 0 Å². The summed E-state index contributed by atoms with van der Waals surface area (Å²) >= 11 is 0. The van der Waals surface area contributed by atoms with Crippen LogP contribution in [0.25, 0.3) is 5.70 Å². The summed E-state index contributed by atoms with van der Waals surface area (Å²) in [6.45, 7) is 3.92. The van der Waals surface area contributed by atoms with Crippen molar-refractivity contribution in [3.8, 4) is 0 Å². The summed E-state index contributed by atoms with van der Waals surface area (Å²) in [6, 6.07) is 4.08. The van der Waals surface area contributed by atoms with Gasteiger partial charge in [-0.1, -0.05) is 6.08 Å². The van der Waals surface area contributed by atoms with Crippen LogP contribution in [0.15, 0.2) is 24.3 Å². The van der Waals surface area contributed by atoms with Crippen molar-refractivity contribution in [1.82, 2.24) is 4.90 Å². The maximum absolute atomic E-state index is 13.1. The van der Waals surface area contributed by atoms with Crippen LogP contribution in [-0.4, -0.2) is 18.0 Å². The van der Waals surface area contributed by atoms with E-state index in [0.29, 0.717) is 0 Å². The van der Waals surface area contributed by atoms with Gasteiger partial charge in [-0.05, 0) is 38.0 Å². The van der Waals surface area contributed by atoms with Crippen LogP contribution in [-0.2, 0) is 0 Å². The van der Waals surface area contributed by atoms with E-state index < -0.39 is 11.6 Å². The standard InChI is InChI=1S/C13H15F2N/c1-2-13(16-7-3-4-8-16)10-5-6-11(14)12(15)9-10/h2,5-6,9H,3-4,7-8H2,1H3/b13-2-. The topological polar surface area (TPSA) is 3.24 Å². The average Bonchev–Trinajstić information content (AvgIpc) is 2.78. The lowest BCUT2D eigenvalue weighted by Crippen LogP contribution is -2.17. The molecule has 0 atom stereocenters. The minimum absolute atomic E-state index is 0.753. The molecule has 0 amide bonds. The van der Waals surface area contributed by atoms with Gasteiger partial charge in [0.15, 0.2) is 11.6 Å². The molecule has 1 aromatic carbocycles. The first kappa shape index (κ1) is 11.1. The van der Waals surface area contributed by atoms with Crippen molar-refractivity contribution in [3.05, 3.63) is 41.5 Å². The second-order valence-corrected chi connectivity index (χ2v) is 4.00. The van der Waals surface area contributed by atoms with E-state index in [2.05, 4.69) is 4.90 Å². The molecule has 0 radical (unpaired) electrons. The normalized spacial score (nSPS) is 16.9. The quantitative estimate of drug-likeness (QED) is 0.742. The monoisotopic (exact) mass is 223 g/mol. The summed E-state index contributed by atoms with van der Waals surface area (Å²) in [6.07, 6.45) is 4.29. The fourth-order valence-electron chi connectivity index (χ4n) is 2.15. The molecule has 16 heavy (non-hydrogen) atoms. The van der Waals surface area contributed by atoms with Gasteiger partial charge in [-0.3, -0.25) is 0 Å². The van der Waals surface area contributed by atoms with Crippen LogP contribution < -0.4 is 0 Å². The molecule has 0 unspecified atom stereocenters. The first-order chi connectivity index (χ1) is 7.72. The SMILES string of the molecule is C/C=C(/c1ccc(F)c(F)c1)N1CCCC1. The van der Waals surface area contributed by atoms with Crippen molar-refractivity contribution < 1.29 is 8.78 Å². The Bertz CT molecular complexity index is 406. The smallest absolute Gasteiger partial charge is 0.159 e. The van der Waals surface area contributed by atoms with Crippen LogP contribution >= 0.6 is 0 Å². The highest BCUT2D eigenvalue weighted by molar-refractivity contribution is 5.64. The van der Waals surface area contributed by atoms with Crippen LogP contribution in [0.5, 0.6) is 0 Å². The second-order valence-electron chi connectivity index (χ2n) is 4.00. The van der Waals surface area contributed by atoms with Crippen LogP contribution in [0.4, 0.5) is 8.78 Å². The summed E-state index contributed by atoms with van der Waals surface area (Å²) in [7, 11) is 0. The summed E-state index contributed by atoms with van der Waals surface area (Å²) in [5.74, 6) is -1.57. The van der Waals surface area contributed by atoms with Crippen LogP contribution in [0, 0.1) is 11.6 Å². The van der Waals surface area contributed by atoms with E-state index in [1.807, 2.05) is 13.0 Å². The van der Waals surface area contributed by atoms with E-state index in [1.54, 1.807) is 6.07 Å². The zero-order chi connectivity index (χ0) is 11.5. The molecule has 3 heteroatoms. The molecule has 0 bridgehead atoms. The van der Waals surface area contributed by atoms with E-state index in [0.717, 1.165) is 24.4 Å². The maximum Gasteiger partial charge on any atom is 0.159 e. The number of hydrogen-bond acceptors (Lipinski definition) is 1. The molecule has 1 aliphatic rings. The molecular formula is C13H15F2N. The highest BCUT2D eigenvalue weighted by Crippen LogP contribution is 2.24. The average molecular weight is 223 g/mol. The molecule has 1 aliphatic heterocycles. The number of rotatable bonds is 2. The van der Waals surface area contributed by atoms with E-state index >= 15 is 0 Å². The third-order valence-electron chi connectivity index (χ3n) is 2.94. The lowest BCUT2D eigenvalue weighted by atomic mass is 10.1. The van der Waals surface area contributed by atoms with Crippen molar-refractivity contribution in [1.29, 1.82) is 0 Å². The fraction of sp³-hybridized carbons (Fsp3) is 0.385. The number of allylic oxidation sites excluding steroid dienone is 1. The van der Waals surface area contributed by atoms with Gasteiger partial charge < -0.3 is 4.90 Å². The Morgan fingerprint density at radius 2 is 1.88 bits per heavy atom. The predicted octanol–water partition coefficient (Wildman–Crippen LogP) is 3.42. The lowest BCUT2D eigenvalue weighted by molar-refractivity contribution is 0.487. The van der Waals surface area contributed by atoms with Gasteiger partial charge in [-0.25, -0.2) is 8.78 Å². The number of likely N-dealkylation sites (tertiary alicyclic amines) is 1. The molecule has 2 rings (SSSR count). The van der Waals surface area contributed by atoms with E-state index in [9.17, 15) is 8.78 Å². The van der Waals surface area contributed by atoms with Gasteiger partial charge in [0.2, 0.25) is 0 Å². The van der Waals surface area contributed by atoms with Crippen molar-refractivity contribution in [2.24, 2.45) is 0 Å². The Balaban J connectivity index is 2.30. The zero-order valence-corrected chi connectivity index (χ0v) is 9.34. The Hall–Kier alpha value is -1.38. The van der Waals surface area contributed by atoms with Gasteiger partial charge in [-0.2, -0.15) is 0 Å². The summed E-state index contributed by atoms with van der Waals surface area (Å²) < 4.78 is 26.0. The molecule has 0 aromatic heterocycles. The molecular weight excluding hydrogens is 208 g/mol. The third kappa shape index (κ3) is 2.08. The first-order valence-electron chi connectivity index (χ1n) is 5.59. The first-order valence-corrected chi connectivity index (χ1v) is 5.59.